The van der Waals surface area contributed by atoms with Crippen LogP contribution in [0.4, 0.5) is 5.69 Å². The van der Waals surface area contributed by atoms with Crippen molar-refractivity contribution in [3.8, 4) is 6.07 Å². The van der Waals surface area contributed by atoms with E-state index in [1.165, 1.54) is 0 Å². The largest absolute Gasteiger partial charge is 0.389 e. The normalized spacial score (nSPS) is 13.8. The highest BCUT2D eigenvalue weighted by atomic mass is 79.9. The van der Waals surface area contributed by atoms with E-state index in [4.69, 9.17) is 5.26 Å². The number of rotatable bonds is 5. The molecule has 18 heavy (non-hydrogen) atoms. The van der Waals surface area contributed by atoms with Gasteiger partial charge < -0.3 is 10.0 Å². The lowest BCUT2D eigenvalue weighted by Gasteiger charge is -2.26. The highest BCUT2D eigenvalue weighted by Gasteiger charge is 2.13. The third-order valence-corrected chi connectivity index (χ3v) is 3.53. The van der Waals surface area contributed by atoms with Crippen molar-refractivity contribution in [1.29, 1.82) is 5.26 Å². The summed E-state index contributed by atoms with van der Waals surface area (Å²) in [4.78, 5) is 2.16. The van der Waals surface area contributed by atoms with Crippen LogP contribution in [0.2, 0.25) is 0 Å². The molecular formula is C14H19BrN2O. The topological polar surface area (TPSA) is 47.3 Å². The van der Waals surface area contributed by atoms with Crippen LogP contribution in [0.1, 0.15) is 32.4 Å². The van der Waals surface area contributed by atoms with Gasteiger partial charge in [-0.3, -0.25) is 0 Å². The zero-order valence-corrected chi connectivity index (χ0v) is 12.6. The molecule has 0 aliphatic heterocycles. The number of aliphatic hydroxyl groups is 1. The smallest absolute Gasteiger partial charge is 0.0762 e. The molecule has 0 aliphatic rings. The fourth-order valence-corrected chi connectivity index (χ4v) is 2.46. The number of hydrogen-bond donors (Lipinski definition) is 1. The maximum absolute atomic E-state index is 9.54. The first kappa shape index (κ1) is 15.0. The van der Waals surface area contributed by atoms with Crippen LogP contribution in [0.15, 0.2) is 22.7 Å². The zero-order chi connectivity index (χ0) is 13.7. The van der Waals surface area contributed by atoms with Gasteiger partial charge in [0.05, 0.1) is 23.8 Å². The molecule has 0 heterocycles. The lowest BCUT2D eigenvalue weighted by molar-refractivity contribution is 0.199. The van der Waals surface area contributed by atoms with Gasteiger partial charge in [-0.2, -0.15) is 5.26 Å². The average molecular weight is 311 g/mol. The zero-order valence-electron chi connectivity index (χ0n) is 11.0. The first-order chi connectivity index (χ1) is 8.49. The van der Waals surface area contributed by atoms with Crippen LogP contribution in [0.5, 0.6) is 0 Å². The van der Waals surface area contributed by atoms with E-state index in [2.05, 4.69) is 33.8 Å². The summed E-state index contributed by atoms with van der Waals surface area (Å²) in [6, 6.07) is 8.09. The minimum absolute atomic E-state index is 0.00621. The summed E-state index contributed by atoms with van der Waals surface area (Å²) in [6.07, 6.45) is -0.469. The van der Waals surface area contributed by atoms with Crippen LogP contribution in [-0.2, 0) is 0 Å². The summed E-state index contributed by atoms with van der Waals surface area (Å²) >= 11 is 3.53. The van der Waals surface area contributed by atoms with Crippen LogP contribution in [0, 0.1) is 17.2 Å². The SMILES string of the molecule is CCN(CC(C)C#N)c1ccc(C(C)O)cc1Br. The molecule has 4 heteroatoms. The molecule has 1 aromatic carbocycles. The van der Waals surface area contributed by atoms with Crippen molar-refractivity contribution < 1.29 is 5.11 Å². The number of halogens is 1. The molecule has 1 N–H and O–H groups in total. The minimum Gasteiger partial charge on any atom is -0.389 e. The van der Waals surface area contributed by atoms with Gasteiger partial charge in [-0.15, -0.1) is 0 Å². The van der Waals surface area contributed by atoms with E-state index in [-0.39, 0.29) is 5.92 Å². The highest BCUT2D eigenvalue weighted by molar-refractivity contribution is 9.10. The summed E-state index contributed by atoms with van der Waals surface area (Å²) in [5.74, 6) is -0.00621. The molecule has 0 bridgehead atoms. The third kappa shape index (κ3) is 3.72. The molecule has 0 aliphatic carbocycles. The summed E-state index contributed by atoms with van der Waals surface area (Å²) in [6.45, 7) is 7.29. The van der Waals surface area contributed by atoms with Gasteiger partial charge in [0.25, 0.3) is 0 Å². The first-order valence-corrected chi connectivity index (χ1v) is 6.91. The molecule has 0 saturated heterocycles. The Morgan fingerprint density at radius 1 is 1.44 bits per heavy atom. The summed E-state index contributed by atoms with van der Waals surface area (Å²) in [5, 5.41) is 18.4. The molecule has 0 aromatic heterocycles. The summed E-state index contributed by atoms with van der Waals surface area (Å²) in [5.41, 5.74) is 1.94. The lowest BCUT2D eigenvalue weighted by atomic mass is 10.1. The number of hydrogen-bond acceptors (Lipinski definition) is 3. The molecule has 0 spiro atoms. The fraction of sp³-hybridized carbons (Fsp3) is 0.500. The monoisotopic (exact) mass is 310 g/mol. The maximum atomic E-state index is 9.54. The third-order valence-electron chi connectivity index (χ3n) is 2.89. The standard InChI is InChI=1S/C14H19BrN2O/c1-4-17(9-10(2)8-16)14-6-5-12(11(3)18)7-13(14)15/h5-7,10-11,18H,4,9H2,1-3H3. The molecule has 0 amide bonds. The number of benzene rings is 1. The van der Waals surface area contributed by atoms with Crippen molar-refractivity contribution in [2.24, 2.45) is 5.92 Å². The van der Waals surface area contributed by atoms with E-state index >= 15 is 0 Å². The molecule has 1 aromatic rings. The fourth-order valence-electron chi connectivity index (χ4n) is 1.81. The van der Waals surface area contributed by atoms with Crippen LogP contribution in [0.25, 0.3) is 0 Å². The average Bonchev–Trinajstić information content (AvgIpc) is 2.35. The quantitative estimate of drug-likeness (QED) is 0.905. The second-order valence-corrected chi connectivity index (χ2v) is 5.31. The molecule has 0 radical (unpaired) electrons. The molecule has 0 fully saturated rings. The Labute approximate surface area is 117 Å². The van der Waals surface area contributed by atoms with Crippen LogP contribution in [0.3, 0.4) is 0 Å². The van der Waals surface area contributed by atoms with Crippen molar-refractivity contribution in [1.82, 2.24) is 0 Å². The van der Waals surface area contributed by atoms with E-state index in [1.807, 2.05) is 25.1 Å². The predicted octanol–water partition coefficient (Wildman–Crippen LogP) is 3.49. The van der Waals surface area contributed by atoms with E-state index in [0.29, 0.717) is 6.54 Å². The van der Waals surface area contributed by atoms with Crippen molar-refractivity contribution in [3.63, 3.8) is 0 Å². The van der Waals surface area contributed by atoms with Gasteiger partial charge in [0.2, 0.25) is 0 Å². The van der Waals surface area contributed by atoms with Gasteiger partial charge in [0.15, 0.2) is 0 Å². The van der Waals surface area contributed by atoms with E-state index in [0.717, 1.165) is 22.3 Å². The Hall–Kier alpha value is -1.05. The predicted molar refractivity (Wildman–Crippen MR) is 77.4 cm³/mol. The summed E-state index contributed by atoms with van der Waals surface area (Å²) < 4.78 is 0.952. The van der Waals surface area contributed by atoms with E-state index in [9.17, 15) is 5.11 Å². The molecule has 2 unspecified atom stereocenters. The molecule has 98 valence electrons. The van der Waals surface area contributed by atoms with Gasteiger partial charge in [-0.05, 0) is 54.4 Å². The van der Waals surface area contributed by atoms with Crippen LogP contribution in [-0.4, -0.2) is 18.2 Å². The number of nitrogens with zero attached hydrogens (tertiary/aromatic N) is 2. The van der Waals surface area contributed by atoms with Gasteiger partial charge in [0, 0.05) is 17.6 Å². The second kappa shape index (κ2) is 6.77. The molecule has 3 nitrogen and oxygen atoms in total. The van der Waals surface area contributed by atoms with E-state index < -0.39 is 6.10 Å². The molecule has 1 rings (SSSR count). The van der Waals surface area contributed by atoms with Gasteiger partial charge in [-0.1, -0.05) is 6.07 Å². The highest BCUT2D eigenvalue weighted by Crippen LogP contribution is 2.29. The molecule has 0 saturated carbocycles. The Kier molecular flexibility index (Phi) is 5.64. The Bertz CT molecular complexity index is 440. The lowest BCUT2D eigenvalue weighted by Crippen LogP contribution is -2.28. The van der Waals surface area contributed by atoms with Crippen molar-refractivity contribution >= 4 is 21.6 Å². The Balaban J connectivity index is 2.97. The number of nitriles is 1. The minimum atomic E-state index is -0.469. The van der Waals surface area contributed by atoms with Crippen LogP contribution < -0.4 is 4.90 Å². The number of anilines is 1. The van der Waals surface area contributed by atoms with Gasteiger partial charge >= 0.3 is 0 Å². The van der Waals surface area contributed by atoms with E-state index in [1.54, 1.807) is 6.92 Å². The number of aliphatic hydroxyl groups excluding tert-OH is 1. The molecule has 2 atom stereocenters. The van der Waals surface area contributed by atoms with Gasteiger partial charge in [0.1, 0.15) is 0 Å². The first-order valence-electron chi connectivity index (χ1n) is 6.11. The Morgan fingerprint density at radius 2 is 2.11 bits per heavy atom. The van der Waals surface area contributed by atoms with Crippen molar-refractivity contribution in [2.45, 2.75) is 26.9 Å². The Morgan fingerprint density at radius 3 is 2.56 bits per heavy atom. The van der Waals surface area contributed by atoms with Crippen LogP contribution >= 0.6 is 15.9 Å². The molecular weight excluding hydrogens is 292 g/mol. The second-order valence-electron chi connectivity index (χ2n) is 4.46. The van der Waals surface area contributed by atoms with Crippen molar-refractivity contribution in [2.75, 3.05) is 18.0 Å². The van der Waals surface area contributed by atoms with Gasteiger partial charge in [-0.25, -0.2) is 0 Å². The van der Waals surface area contributed by atoms with Crippen molar-refractivity contribution in [3.05, 3.63) is 28.2 Å². The maximum Gasteiger partial charge on any atom is 0.0762 e. The summed E-state index contributed by atoms with van der Waals surface area (Å²) in [7, 11) is 0.